The number of likely N-dealkylation sites (N-methyl/N-ethyl adjacent to an activating group) is 1. The van der Waals surface area contributed by atoms with Crippen molar-refractivity contribution in [1.82, 2.24) is 20.9 Å². The molecule has 0 saturated heterocycles. The molecule has 1 saturated carbocycles. The van der Waals surface area contributed by atoms with Gasteiger partial charge in [-0.1, -0.05) is 92.1 Å². The third-order valence-corrected chi connectivity index (χ3v) is 8.53. The first-order chi connectivity index (χ1) is 19.1. The van der Waals surface area contributed by atoms with E-state index < -0.39 is 12.1 Å². The molecule has 3 aromatic carbocycles. The molecule has 200 valence electrons. The van der Waals surface area contributed by atoms with Crippen LogP contribution in [-0.2, 0) is 16.0 Å². The van der Waals surface area contributed by atoms with E-state index in [1.807, 2.05) is 42.5 Å². The summed E-state index contributed by atoms with van der Waals surface area (Å²) in [5, 5.41) is 10.7. The van der Waals surface area contributed by atoms with E-state index in [1.165, 1.54) is 35.9 Å². The Bertz CT molecular complexity index is 1450. The van der Waals surface area contributed by atoms with Gasteiger partial charge in [0.05, 0.1) is 12.1 Å². The third-order valence-electron chi connectivity index (χ3n) is 8.53. The fourth-order valence-electron chi connectivity index (χ4n) is 6.46. The minimum atomic E-state index is -0.772. The maximum Gasteiger partial charge on any atom is 0.246 e. The summed E-state index contributed by atoms with van der Waals surface area (Å²) in [6.45, 7) is 0. The molecular weight excluding hydrogens is 484 g/mol. The van der Waals surface area contributed by atoms with Gasteiger partial charge < -0.3 is 15.6 Å². The molecule has 0 spiro atoms. The summed E-state index contributed by atoms with van der Waals surface area (Å²) in [7, 11) is 1.61. The molecule has 4 aromatic rings. The SMILES string of the molecule is CNC(=O)C(NC(=O)[C@H]1Cc2c([nH]c3ccccc23)[C@H](C2CCCCC2)N1)c1ccc(-c2ccccc2)cc1. The normalized spacial score (nSPS) is 20.2. The number of carbonyl (C=O) groups is 2. The molecule has 1 aliphatic carbocycles. The van der Waals surface area contributed by atoms with Crippen LogP contribution in [0.2, 0.25) is 0 Å². The molecule has 0 bridgehead atoms. The number of aromatic amines is 1. The number of amides is 2. The molecule has 2 aliphatic rings. The number of aromatic nitrogens is 1. The first-order valence-corrected chi connectivity index (χ1v) is 14.2. The number of H-pyrrole nitrogens is 1. The van der Waals surface area contributed by atoms with Crippen molar-refractivity contribution >= 4 is 22.7 Å². The van der Waals surface area contributed by atoms with E-state index in [-0.39, 0.29) is 17.9 Å². The Kier molecular flexibility index (Phi) is 7.20. The van der Waals surface area contributed by atoms with Gasteiger partial charge in [-0.3, -0.25) is 14.9 Å². The second-order valence-corrected chi connectivity index (χ2v) is 10.9. The van der Waals surface area contributed by atoms with Crippen LogP contribution in [0.4, 0.5) is 0 Å². The summed E-state index contributed by atoms with van der Waals surface area (Å²) in [4.78, 5) is 30.5. The van der Waals surface area contributed by atoms with Gasteiger partial charge >= 0.3 is 0 Å². The highest BCUT2D eigenvalue weighted by Gasteiger charge is 2.38. The summed E-state index contributed by atoms with van der Waals surface area (Å²) >= 11 is 0. The Morgan fingerprint density at radius 1 is 0.846 bits per heavy atom. The third kappa shape index (κ3) is 5.09. The number of benzene rings is 3. The van der Waals surface area contributed by atoms with Crippen molar-refractivity contribution in [3.8, 4) is 11.1 Å². The maximum atomic E-state index is 13.8. The van der Waals surface area contributed by atoms with Crippen LogP contribution >= 0.6 is 0 Å². The van der Waals surface area contributed by atoms with Gasteiger partial charge in [-0.2, -0.15) is 0 Å². The molecule has 3 atom stereocenters. The van der Waals surface area contributed by atoms with E-state index in [1.54, 1.807) is 7.05 Å². The van der Waals surface area contributed by atoms with E-state index in [9.17, 15) is 9.59 Å². The van der Waals surface area contributed by atoms with Crippen molar-refractivity contribution in [1.29, 1.82) is 0 Å². The lowest BCUT2D eigenvalue weighted by atomic mass is 9.79. The van der Waals surface area contributed by atoms with Crippen LogP contribution < -0.4 is 16.0 Å². The van der Waals surface area contributed by atoms with Gasteiger partial charge in [0, 0.05) is 23.6 Å². The molecule has 1 fully saturated rings. The van der Waals surface area contributed by atoms with E-state index in [0.717, 1.165) is 35.0 Å². The zero-order valence-corrected chi connectivity index (χ0v) is 22.4. The molecule has 4 N–H and O–H groups in total. The van der Waals surface area contributed by atoms with Gasteiger partial charge in [0.25, 0.3) is 0 Å². The monoisotopic (exact) mass is 520 g/mol. The number of hydrogen-bond acceptors (Lipinski definition) is 3. The van der Waals surface area contributed by atoms with Crippen LogP contribution in [0.5, 0.6) is 0 Å². The molecule has 1 unspecified atom stereocenters. The Morgan fingerprint density at radius 2 is 1.54 bits per heavy atom. The smallest absolute Gasteiger partial charge is 0.246 e. The Morgan fingerprint density at radius 3 is 2.28 bits per heavy atom. The molecule has 6 rings (SSSR count). The summed E-state index contributed by atoms with van der Waals surface area (Å²) < 4.78 is 0. The fourth-order valence-corrected chi connectivity index (χ4v) is 6.46. The molecule has 6 nitrogen and oxygen atoms in total. The van der Waals surface area contributed by atoms with E-state index in [0.29, 0.717) is 12.3 Å². The van der Waals surface area contributed by atoms with E-state index in [2.05, 4.69) is 57.3 Å². The zero-order chi connectivity index (χ0) is 26.8. The number of para-hydroxylation sites is 1. The van der Waals surface area contributed by atoms with Crippen molar-refractivity contribution in [2.24, 2.45) is 5.92 Å². The summed E-state index contributed by atoms with van der Waals surface area (Å²) in [5.74, 6) is 0.108. The lowest BCUT2D eigenvalue weighted by Gasteiger charge is -2.37. The summed E-state index contributed by atoms with van der Waals surface area (Å²) in [6.07, 6.45) is 6.65. The molecule has 2 heterocycles. The van der Waals surface area contributed by atoms with Gasteiger partial charge in [0.2, 0.25) is 11.8 Å². The minimum Gasteiger partial charge on any atom is -0.357 e. The number of hydrogen-bond donors (Lipinski definition) is 4. The highest BCUT2D eigenvalue weighted by atomic mass is 16.2. The predicted molar refractivity (Wildman–Crippen MR) is 155 cm³/mol. The molecule has 2 amide bonds. The van der Waals surface area contributed by atoms with Crippen LogP contribution in [0.15, 0.2) is 78.9 Å². The highest BCUT2D eigenvalue weighted by molar-refractivity contribution is 5.92. The van der Waals surface area contributed by atoms with Crippen LogP contribution in [0.3, 0.4) is 0 Å². The Balaban J connectivity index is 1.27. The lowest BCUT2D eigenvalue weighted by Crippen LogP contribution is -2.53. The van der Waals surface area contributed by atoms with E-state index >= 15 is 0 Å². The number of fused-ring (bicyclic) bond motifs is 3. The number of nitrogens with one attached hydrogen (secondary N) is 4. The van der Waals surface area contributed by atoms with Crippen LogP contribution in [0, 0.1) is 5.92 Å². The molecular formula is C33H36N4O2. The van der Waals surface area contributed by atoms with Gasteiger partial charge in [-0.25, -0.2) is 0 Å². The van der Waals surface area contributed by atoms with Crippen molar-refractivity contribution < 1.29 is 9.59 Å². The second kappa shape index (κ2) is 11.1. The standard InChI is InChI=1S/C33H36N4O2/c1-34-33(39)30(24-18-16-22(17-19-24)21-10-4-2-5-11-21)37-32(38)28-20-26-25-14-8-9-15-27(25)35-31(26)29(36-28)23-12-6-3-7-13-23/h2,4-5,8-11,14-19,23,28-30,35-36H,3,6-7,12-13,20H2,1H3,(H,34,39)(H,37,38)/t28-,29+,30?/m1/s1. The van der Waals surface area contributed by atoms with Gasteiger partial charge in [-0.05, 0) is 53.5 Å². The average molecular weight is 521 g/mol. The minimum absolute atomic E-state index is 0.0980. The van der Waals surface area contributed by atoms with E-state index in [4.69, 9.17) is 0 Å². The zero-order valence-electron chi connectivity index (χ0n) is 22.4. The largest absolute Gasteiger partial charge is 0.357 e. The van der Waals surface area contributed by atoms with Crippen LogP contribution in [0.1, 0.15) is 61.0 Å². The highest BCUT2D eigenvalue weighted by Crippen LogP contribution is 2.40. The van der Waals surface area contributed by atoms with Crippen molar-refractivity contribution in [3.05, 3.63) is 95.7 Å². The topological polar surface area (TPSA) is 86.0 Å². The Hall–Kier alpha value is -3.90. The van der Waals surface area contributed by atoms with Gasteiger partial charge in [-0.15, -0.1) is 0 Å². The number of carbonyl (C=O) groups excluding carboxylic acids is 2. The molecule has 6 heteroatoms. The Labute approximate surface area is 229 Å². The van der Waals surface area contributed by atoms with Crippen LogP contribution in [-0.4, -0.2) is 29.9 Å². The molecule has 1 aromatic heterocycles. The number of rotatable bonds is 6. The molecule has 39 heavy (non-hydrogen) atoms. The second-order valence-electron chi connectivity index (χ2n) is 10.9. The maximum absolute atomic E-state index is 13.8. The molecule has 0 radical (unpaired) electrons. The first kappa shape index (κ1) is 25.4. The van der Waals surface area contributed by atoms with Crippen molar-refractivity contribution in [2.45, 2.75) is 56.7 Å². The predicted octanol–water partition coefficient (Wildman–Crippen LogP) is 5.57. The van der Waals surface area contributed by atoms with Crippen molar-refractivity contribution in [2.75, 3.05) is 7.05 Å². The summed E-state index contributed by atoms with van der Waals surface area (Å²) in [6, 6.07) is 25.3. The fraction of sp³-hybridized carbons (Fsp3) is 0.333. The first-order valence-electron chi connectivity index (χ1n) is 14.2. The van der Waals surface area contributed by atoms with Crippen LogP contribution in [0.25, 0.3) is 22.0 Å². The summed E-state index contributed by atoms with van der Waals surface area (Å²) in [5.41, 5.74) is 6.51. The van der Waals surface area contributed by atoms with Gasteiger partial charge in [0.1, 0.15) is 6.04 Å². The quantitative estimate of drug-likeness (QED) is 0.268. The van der Waals surface area contributed by atoms with Crippen molar-refractivity contribution in [3.63, 3.8) is 0 Å². The van der Waals surface area contributed by atoms with Gasteiger partial charge in [0.15, 0.2) is 0 Å². The average Bonchev–Trinajstić information content (AvgIpc) is 3.38. The molecule has 1 aliphatic heterocycles. The lowest BCUT2D eigenvalue weighted by molar-refractivity contribution is -0.130.